The van der Waals surface area contributed by atoms with Gasteiger partial charge in [-0.25, -0.2) is 17.9 Å². The number of halogens is 1. The van der Waals surface area contributed by atoms with Gasteiger partial charge in [-0.15, -0.1) is 0 Å². The Hall–Kier alpha value is -2.42. The predicted octanol–water partition coefficient (Wildman–Crippen LogP) is 3.34. The number of carbonyl (C=O) groups excluding carboxylic acids is 2. The molecule has 0 heterocycles. The Bertz CT molecular complexity index is 1030. The predicted molar refractivity (Wildman–Crippen MR) is 112 cm³/mol. The minimum atomic E-state index is -3.84. The Morgan fingerprint density at radius 1 is 1.10 bits per heavy atom. The molecule has 2 aromatic carbocycles. The van der Waals surface area contributed by atoms with E-state index in [1.165, 1.54) is 19.2 Å². The molecule has 0 aliphatic heterocycles. The van der Waals surface area contributed by atoms with Gasteiger partial charge in [-0.3, -0.25) is 4.79 Å². The van der Waals surface area contributed by atoms with Gasteiger partial charge in [-0.05, 0) is 42.3 Å². The van der Waals surface area contributed by atoms with E-state index in [0.29, 0.717) is 5.69 Å². The molecule has 0 unspecified atom stereocenters. The van der Waals surface area contributed by atoms with Crippen LogP contribution in [0.4, 0.5) is 5.69 Å². The van der Waals surface area contributed by atoms with E-state index in [4.69, 9.17) is 16.3 Å². The van der Waals surface area contributed by atoms with E-state index < -0.39 is 28.5 Å². The number of carbonyl (C=O) groups is 2. The summed E-state index contributed by atoms with van der Waals surface area (Å²) in [5, 5.41) is 2.70. The summed E-state index contributed by atoms with van der Waals surface area (Å²) in [5.41, 5.74) is 1.36. The quantitative estimate of drug-likeness (QED) is 0.673. The van der Waals surface area contributed by atoms with Gasteiger partial charge in [0.2, 0.25) is 10.0 Å². The van der Waals surface area contributed by atoms with Crippen LogP contribution in [-0.4, -0.2) is 33.9 Å². The van der Waals surface area contributed by atoms with Gasteiger partial charge in [-0.2, -0.15) is 0 Å². The van der Waals surface area contributed by atoms with Crippen LogP contribution in [0.5, 0.6) is 0 Å². The molecule has 0 saturated carbocycles. The summed E-state index contributed by atoms with van der Waals surface area (Å²) in [5.74, 6) is -1.35. The molecule has 2 rings (SSSR count). The highest BCUT2D eigenvalue weighted by atomic mass is 35.5. The van der Waals surface area contributed by atoms with Gasteiger partial charge >= 0.3 is 5.97 Å². The fourth-order valence-corrected chi connectivity index (χ4v) is 3.84. The first-order chi connectivity index (χ1) is 13.5. The van der Waals surface area contributed by atoms with Crippen molar-refractivity contribution in [1.29, 1.82) is 0 Å². The van der Waals surface area contributed by atoms with Crippen molar-refractivity contribution in [2.75, 3.05) is 19.0 Å². The van der Waals surface area contributed by atoms with Gasteiger partial charge in [-0.1, -0.05) is 50.6 Å². The second kappa shape index (κ2) is 8.94. The Morgan fingerprint density at radius 3 is 2.38 bits per heavy atom. The smallest absolute Gasteiger partial charge is 0.338 e. The molecule has 0 spiro atoms. The molecular weight excluding hydrogens is 416 g/mol. The number of sulfonamides is 1. The molecule has 0 radical (unpaired) electrons. The number of amides is 1. The van der Waals surface area contributed by atoms with Gasteiger partial charge in [0, 0.05) is 5.69 Å². The van der Waals surface area contributed by atoms with Crippen molar-refractivity contribution in [2.45, 2.75) is 31.1 Å². The molecule has 0 saturated heterocycles. The molecule has 0 bridgehead atoms. The normalized spacial score (nSPS) is 11.8. The van der Waals surface area contributed by atoms with Crippen LogP contribution in [-0.2, 0) is 25.0 Å². The summed E-state index contributed by atoms with van der Waals surface area (Å²) in [6.07, 6.45) is 0. The zero-order chi connectivity index (χ0) is 21.8. The first-order valence-electron chi connectivity index (χ1n) is 8.75. The molecule has 0 atom stereocenters. The van der Waals surface area contributed by atoms with E-state index in [1.54, 1.807) is 12.1 Å². The minimum Gasteiger partial charge on any atom is -0.452 e. The summed E-state index contributed by atoms with van der Waals surface area (Å²) >= 11 is 5.90. The van der Waals surface area contributed by atoms with Crippen molar-refractivity contribution >= 4 is 39.2 Å². The minimum absolute atomic E-state index is 0.0348. The van der Waals surface area contributed by atoms with Crippen molar-refractivity contribution < 1.29 is 22.7 Å². The number of benzene rings is 2. The monoisotopic (exact) mass is 438 g/mol. The lowest BCUT2D eigenvalue weighted by molar-refractivity contribution is -0.119. The zero-order valence-corrected chi connectivity index (χ0v) is 18.1. The van der Waals surface area contributed by atoms with E-state index in [-0.39, 0.29) is 20.9 Å². The first-order valence-corrected chi connectivity index (χ1v) is 10.6. The van der Waals surface area contributed by atoms with Crippen LogP contribution in [0.2, 0.25) is 5.02 Å². The van der Waals surface area contributed by atoms with Crippen LogP contribution in [0.15, 0.2) is 47.4 Å². The number of ether oxygens (including phenoxy) is 1. The van der Waals surface area contributed by atoms with Gasteiger partial charge < -0.3 is 10.1 Å². The molecule has 156 valence electrons. The third kappa shape index (κ3) is 5.79. The second-order valence-electron chi connectivity index (χ2n) is 7.27. The Balaban J connectivity index is 2.09. The number of esters is 1. The third-order valence-corrected chi connectivity index (χ3v) is 5.96. The first kappa shape index (κ1) is 22.9. The Labute approximate surface area is 175 Å². The van der Waals surface area contributed by atoms with E-state index in [9.17, 15) is 18.0 Å². The Morgan fingerprint density at radius 2 is 1.76 bits per heavy atom. The van der Waals surface area contributed by atoms with Crippen molar-refractivity contribution in [1.82, 2.24) is 4.72 Å². The molecule has 2 N–H and O–H groups in total. The van der Waals surface area contributed by atoms with Crippen LogP contribution >= 0.6 is 11.6 Å². The lowest BCUT2D eigenvalue weighted by atomic mass is 9.86. The number of nitrogens with one attached hydrogen (secondary N) is 2. The fraction of sp³-hybridized carbons (Fsp3) is 0.300. The molecular formula is C20H23ClN2O5S. The number of anilines is 1. The lowest BCUT2D eigenvalue weighted by Crippen LogP contribution is -2.24. The van der Waals surface area contributed by atoms with E-state index in [1.807, 2.05) is 32.9 Å². The fourth-order valence-electron chi connectivity index (χ4n) is 2.59. The molecule has 7 nitrogen and oxygen atoms in total. The summed E-state index contributed by atoms with van der Waals surface area (Å²) in [6.45, 7) is 5.55. The van der Waals surface area contributed by atoms with Crippen LogP contribution in [0.1, 0.15) is 36.7 Å². The Kier molecular flexibility index (Phi) is 7.05. The zero-order valence-electron chi connectivity index (χ0n) is 16.6. The summed E-state index contributed by atoms with van der Waals surface area (Å²) in [6, 6.07) is 11.1. The largest absolute Gasteiger partial charge is 0.452 e. The maximum Gasteiger partial charge on any atom is 0.338 e. The molecule has 2 aromatic rings. The van der Waals surface area contributed by atoms with Gasteiger partial charge in [0.05, 0.1) is 10.6 Å². The molecule has 9 heteroatoms. The highest BCUT2D eigenvalue weighted by Gasteiger charge is 2.21. The number of para-hydroxylation sites is 1. The standard InChI is InChI=1S/C20H23ClN2O5S/c1-20(2,3)14-7-5-6-8-16(14)23-18(24)12-28-19(25)13-9-10-15(21)17(11-13)29(26,27)22-4/h5-11,22H,12H2,1-4H3,(H,23,24). The highest BCUT2D eigenvalue weighted by molar-refractivity contribution is 7.89. The third-order valence-electron chi connectivity index (χ3n) is 4.07. The van der Waals surface area contributed by atoms with Gasteiger partial charge in [0.25, 0.3) is 5.91 Å². The second-order valence-corrected chi connectivity index (χ2v) is 9.53. The number of hydrogen-bond donors (Lipinski definition) is 2. The molecule has 1 amide bonds. The van der Waals surface area contributed by atoms with Crippen LogP contribution < -0.4 is 10.0 Å². The van der Waals surface area contributed by atoms with Crippen molar-refractivity contribution in [2.24, 2.45) is 0 Å². The van der Waals surface area contributed by atoms with Crippen molar-refractivity contribution in [3.63, 3.8) is 0 Å². The van der Waals surface area contributed by atoms with Crippen molar-refractivity contribution in [3.05, 3.63) is 58.6 Å². The highest BCUT2D eigenvalue weighted by Crippen LogP contribution is 2.29. The average Bonchev–Trinajstić information content (AvgIpc) is 2.66. The van der Waals surface area contributed by atoms with Crippen LogP contribution in [0.25, 0.3) is 0 Å². The van der Waals surface area contributed by atoms with Crippen LogP contribution in [0.3, 0.4) is 0 Å². The number of hydrogen-bond acceptors (Lipinski definition) is 5. The molecule has 0 fully saturated rings. The van der Waals surface area contributed by atoms with E-state index in [2.05, 4.69) is 10.0 Å². The maximum atomic E-state index is 12.2. The SMILES string of the molecule is CNS(=O)(=O)c1cc(C(=O)OCC(=O)Nc2ccccc2C(C)(C)C)ccc1Cl. The molecule has 0 aliphatic rings. The lowest BCUT2D eigenvalue weighted by Gasteiger charge is -2.22. The maximum absolute atomic E-state index is 12.2. The number of rotatable bonds is 6. The topological polar surface area (TPSA) is 102 Å². The van der Waals surface area contributed by atoms with Crippen LogP contribution in [0, 0.1) is 0 Å². The van der Waals surface area contributed by atoms with E-state index in [0.717, 1.165) is 11.6 Å². The molecule has 0 aromatic heterocycles. The van der Waals surface area contributed by atoms with Gasteiger partial charge in [0.1, 0.15) is 4.90 Å². The summed E-state index contributed by atoms with van der Waals surface area (Å²) in [7, 11) is -2.61. The van der Waals surface area contributed by atoms with Gasteiger partial charge in [0.15, 0.2) is 6.61 Å². The molecule has 29 heavy (non-hydrogen) atoms. The molecule has 0 aliphatic carbocycles. The summed E-state index contributed by atoms with van der Waals surface area (Å²) < 4.78 is 31.1. The summed E-state index contributed by atoms with van der Waals surface area (Å²) in [4.78, 5) is 24.2. The van der Waals surface area contributed by atoms with E-state index >= 15 is 0 Å². The van der Waals surface area contributed by atoms with Crippen molar-refractivity contribution in [3.8, 4) is 0 Å². The average molecular weight is 439 g/mol.